The Morgan fingerprint density at radius 1 is 0.903 bits per heavy atom. The predicted octanol–water partition coefficient (Wildman–Crippen LogP) is 4.97. The van der Waals surface area contributed by atoms with Crippen LogP contribution in [0, 0.1) is 0 Å². The van der Waals surface area contributed by atoms with Gasteiger partial charge < -0.3 is 4.90 Å². The normalized spacial score (nSPS) is 14.5. The molecule has 0 saturated carbocycles. The minimum absolute atomic E-state index is 0.0606. The zero-order valence-corrected chi connectivity index (χ0v) is 18.3. The van der Waals surface area contributed by atoms with E-state index in [1.54, 1.807) is 46.2 Å². The second-order valence-corrected chi connectivity index (χ2v) is 9.39. The average molecular weight is 456 g/mol. The molecule has 3 aromatic rings. The molecule has 0 atom stereocenters. The molecule has 1 saturated heterocycles. The van der Waals surface area contributed by atoms with E-state index in [-0.39, 0.29) is 10.9 Å². The van der Waals surface area contributed by atoms with Crippen LogP contribution >= 0.6 is 11.6 Å². The Hall–Kier alpha value is -3.03. The maximum Gasteiger partial charge on any atom is 0.324 e. The van der Waals surface area contributed by atoms with Crippen LogP contribution in [0.5, 0.6) is 0 Å². The second-order valence-electron chi connectivity index (χ2n) is 7.27. The van der Waals surface area contributed by atoms with Crippen LogP contribution in [0.25, 0.3) is 0 Å². The monoisotopic (exact) mass is 455 g/mol. The number of para-hydroxylation sites is 2. The summed E-state index contributed by atoms with van der Waals surface area (Å²) in [5.41, 5.74) is 1.92. The van der Waals surface area contributed by atoms with E-state index in [1.807, 2.05) is 30.3 Å². The van der Waals surface area contributed by atoms with Crippen LogP contribution in [-0.2, 0) is 16.6 Å². The minimum Gasteiger partial charge on any atom is -0.320 e. The number of urea groups is 1. The molecule has 1 aliphatic heterocycles. The molecule has 8 heteroatoms. The third-order valence-corrected chi connectivity index (χ3v) is 6.67. The van der Waals surface area contributed by atoms with Gasteiger partial charge in [-0.05, 0) is 42.3 Å². The van der Waals surface area contributed by atoms with Crippen LogP contribution in [0.3, 0.4) is 0 Å². The Labute approximate surface area is 187 Å². The van der Waals surface area contributed by atoms with E-state index in [2.05, 4.69) is 4.72 Å². The number of hydrogen-bond donors (Lipinski definition) is 1. The van der Waals surface area contributed by atoms with Crippen molar-refractivity contribution in [3.05, 3.63) is 89.4 Å². The first-order chi connectivity index (χ1) is 14.9. The number of anilines is 2. The fourth-order valence-electron chi connectivity index (χ4n) is 3.59. The number of sulfonamides is 1. The Bertz CT molecular complexity index is 1190. The van der Waals surface area contributed by atoms with Crippen LogP contribution in [0.15, 0.2) is 83.8 Å². The first-order valence-electron chi connectivity index (χ1n) is 9.92. The van der Waals surface area contributed by atoms with Crippen LogP contribution in [0.4, 0.5) is 16.2 Å². The highest BCUT2D eigenvalue weighted by Crippen LogP contribution is 2.31. The van der Waals surface area contributed by atoms with E-state index in [0.717, 1.165) is 12.0 Å². The summed E-state index contributed by atoms with van der Waals surface area (Å²) in [7, 11) is -3.86. The largest absolute Gasteiger partial charge is 0.324 e. The first kappa shape index (κ1) is 21.2. The lowest BCUT2D eigenvalue weighted by molar-refractivity contribution is 0.192. The molecule has 0 unspecified atom stereocenters. The third kappa shape index (κ3) is 4.84. The molecular formula is C23H22ClN3O3S. The van der Waals surface area contributed by atoms with E-state index in [9.17, 15) is 13.2 Å². The molecule has 4 rings (SSSR count). The van der Waals surface area contributed by atoms with Gasteiger partial charge in [-0.1, -0.05) is 60.1 Å². The van der Waals surface area contributed by atoms with E-state index in [1.165, 1.54) is 12.1 Å². The van der Waals surface area contributed by atoms with Crippen molar-refractivity contribution in [2.75, 3.05) is 22.7 Å². The number of carbonyl (C=O) groups is 1. The molecule has 2 amide bonds. The van der Waals surface area contributed by atoms with Crippen molar-refractivity contribution in [1.82, 2.24) is 4.90 Å². The van der Waals surface area contributed by atoms with Crippen LogP contribution in [-0.4, -0.2) is 32.4 Å². The van der Waals surface area contributed by atoms with Gasteiger partial charge in [-0.15, -0.1) is 0 Å². The maximum atomic E-state index is 13.2. The molecule has 0 aromatic heterocycles. The van der Waals surface area contributed by atoms with Gasteiger partial charge in [0.2, 0.25) is 0 Å². The summed E-state index contributed by atoms with van der Waals surface area (Å²) in [6.45, 7) is 1.67. The molecule has 1 N–H and O–H groups in total. The molecular weight excluding hydrogens is 434 g/mol. The molecule has 6 nitrogen and oxygen atoms in total. The lowest BCUT2D eigenvalue weighted by atomic mass is 10.1. The minimum atomic E-state index is -3.86. The molecule has 31 heavy (non-hydrogen) atoms. The number of hydrogen-bond acceptors (Lipinski definition) is 3. The summed E-state index contributed by atoms with van der Waals surface area (Å²) >= 11 is 5.96. The Balaban J connectivity index is 1.60. The molecule has 0 aliphatic carbocycles. The number of nitrogens with zero attached hydrogens (tertiary/aromatic N) is 2. The van der Waals surface area contributed by atoms with Gasteiger partial charge in [-0.2, -0.15) is 0 Å². The summed E-state index contributed by atoms with van der Waals surface area (Å²) in [6, 6.07) is 22.6. The number of carbonyl (C=O) groups excluding carboxylic acids is 1. The quantitative estimate of drug-likeness (QED) is 0.570. The SMILES string of the molecule is O=C1N(Cc2ccccc2)CCCN1c1ccccc1NS(=O)(=O)c1cccc(Cl)c1. The van der Waals surface area contributed by atoms with Crippen LogP contribution in [0.2, 0.25) is 5.02 Å². The lowest BCUT2D eigenvalue weighted by Gasteiger charge is -2.36. The lowest BCUT2D eigenvalue weighted by Crippen LogP contribution is -2.49. The zero-order valence-electron chi connectivity index (χ0n) is 16.7. The van der Waals surface area contributed by atoms with E-state index in [4.69, 9.17) is 11.6 Å². The number of halogens is 1. The number of amides is 2. The third-order valence-electron chi connectivity index (χ3n) is 5.07. The molecule has 0 bridgehead atoms. The number of nitrogens with one attached hydrogen (secondary N) is 1. The fraction of sp³-hybridized carbons (Fsp3) is 0.174. The molecule has 3 aromatic carbocycles. The number of rotatable bonds is 6. The van der Waals surface area contributed by atoms with Gasteiger partial charge >= 0.3 is 6.03 Å². The Morgan fingerprint density at radius 2 is 1.65 bits per heavy atom. The summed E-state index contributed by atoms with van der Waals surface area (Å²) in [4.78, 5) is 16.7. The highest BCUT2D eigenvalue weighted by molar-refractivity contribution is 7.92. The maximum absolute atomic E-state index is 13.2. The smallest absolute Gasteiger partial charge is 0.320 e. The van der Waals surface area contributed by atoms with Crippen LogP contribution < -0.4 is 9.62 Å². The van der Waals surface area contributed by atoms with E-state index in [0.29, 0.717) is 36.0 Å². The first-order valence-corrected chi connectivity index (χ1v) is 11.8. The van der Waals surface area contributed by atoms with Crippen molar-refractivity contribution in [2.45, 2.75) is 17.9 Å². The van der Waals surface area contributed by atoms with Gasteiger partial charge in [0.15, 0.2) is 0 Å². The van der Waals surface area contributed by atoms with Gasteiger partial charge in [0.1, 0.15) is 0 Å². The zero-order chi connectivity index (χ0) is 21.8. The predicted molar refractivity (Wildman–Crippen MR) is 123 cm³/mol. The summed E-state index contributed by atoms with van der Waals surface area (Å²) in [6.07, 6.45) is 0.786. The average Bonchev–Trinajstić information content (AvgIpc) is 2.76. The second kappa shape index (κ2) is 8.99. The Kier molecular flexibility index (Phi) is 6.15. The van der Waals surface area contributed by atoms with Crippen molar-refractivity contribution >= 4 is 39.0 Å². The van der Waals surface area contributed by atoms with Gasteiger partial charge in [0.05, 0.1) is 16.3 Å². The Morgan fingerprint density at radius 3 is 2.42 bits per heavy atom. The number of benzene rings is 3. The van der Waals surface area contributed by atoms with Crippen LogP contribution in [0.1, 0.15) is 12.0 Å². The molecule has 1 aliphatic rings. The highest BCUT2D eigenvalue weighted by Gasteiger charge is 2.29. The molecule has 1 heterocycles. The standard InChI is InChI=1S/C23H22ClN3O3S/c24-19-10-6-11-20(16-19)31(29,30)25-21-12-4-5-13-22(21)27-15-7-14-26(23(27)28)17-18-8-2-1-3-9-18/h1-6,8-13,16,25H,7,14-15,17H2. The van der Waals surface area contributed by atoms with Gasteiger partial charge in [-0.25, -0.2) is 13.2 Å². The summed E-state index contributed by atoms with van der Waals surface area (Å²) < 4.78 is 28.4. The topological polar surface area (TPSA) is 69.7 Å². The summed E-state index contributed by atoms with van der Waals surface area (Å²) in [5, 5.41) is 0.332. The van der Waals surface area contributed by atoms with Crippen molar-refractivity contribution < 1.29 is 13.2 Å². The van der Waals surface area contributed by atoms with Crippen molar-refractivity contribution in [1.29, 1.82) is 0 Å². The molecule has 0 spiro atoms. The van der Waals surface area contributed by atoms with E-state index < -0.39 is 10.0 Å². The van der Waals surface area contributed by atoms with Crippen molar-refractivity contribution in [3.63, 3.8) is 0 Å². The molecule has 160 valence electrons. The van der Waals surface area contributed by atoms with Crippen molar-refractivity contribution in [3.8, 4) is 0 Å². The molecule has 1 fully saturated rings. The van der Waals surface area contributed by atoms with E-state index >= 15 is 0 Å². The fourth-order valence-corrected chi connectivity index (χ4v) is 4.96. The van der Waals surface area contributed by atoms with Gasteiger partial charge in [0.25, 0.3) is 10.0 Å². The highest BCUT2D eigenvalue weighted by atomic mass is 35.5. The van der Waals surface area contributed by atoms with Gasteiger partial charge in [-0.3, -0.25) is 9.62 Å². The summed E-state index contributed by atoms with van der Waals surface area (Å²) in [5.74, 6) is 0. The van der Waals surface area contributed by atoms with Crippen molar-refractivity contribution in [2.24, 2.45) is 0 Å². The van der Waals surface area contributed by atoms with Gasteiger partial charge in [0, 0.05) is 24.7 Å². The molecule has 0 radical (unpaired) electrons.